The lowest BCUT2D eigenvalue weighted by atomic mass is 10.1. The molecule has 2 aromatic rings. The van der Waals surface area contributed by atoms with Crippen molar-refractivity contribution in [1.82, 2.24) is 19.5 Å². The van der Waals surface area contributed by atoms with Gasteiger partial charge in [-0.1, -0.05) is 0 Å². The molecule has 0 aliphatic heterocycles. The topological polar surface area (TPSA) is 121 Å². The van der Waals surface area contributed by atoms with E-state index in [1.807, 2.05) is 0 Å². The van der Waals surface area contributed by atoms with Crippen LogP contribution in [-0.4, -0.2) is 77.4 Å². The molecule has 0 bridgehead atoms. The predicted octanol–water partition coefficient (Wildman–Crippen LogP) is 0.608. The van der Waals surface area contributed by atoms with E-state index in [1.54, 1.807) is 42.2 Å². The highest BCUT2D eigenvalue weighted by Crippen LogP contribution is 2.26. The minimum absolute atomic E-state index is 0.0445. The minimum atomic E-state index is -0.564. The molecule has 0 atom stereocenters. The highest BCUT2D eigenvalue weighted by molar-refractivity contribution is 6.53. The number of hydrogen-bond donors (Lipinski definition) is 2. The highest BCUT2D eigenvalue weighted by Gasteiger charge is 2.33. The molecule has 0 unspecified atom stereocenters. The molecule has 10 nitrogen and oxygen atoms in total. The number of rotatable bonds is 8. The van der Waals surface area contributed by atoms with Crippen molar-refractivity contribution in [1.29, 1.82) is 0 Å². The summed E-state index contributed by atoms with van der Waals surface area (Å²) in [6.07, 6.45) is 4.61. The van der Waals surface area contributed by atoms with Crippen molar-refractivity contribution < 1.29 is 14.0 Å². The molecule has 2 heterocycles. The van der Waals surface area contributed by atoms with E-state index in [-0.39, 0.29) is 29.8 Å². The van der Waals surface area contributed by atoms with Gasteiger partial charge in [-0.05, 0) is 18.9 Å². The van der Waals surface area contributed by atoms with Crippen molar-refractivity contribution in [2.45, 2.75) is 18.9 Å². The number of fused-ring (bicyclic) bond motifs is 1. The van der Waals surface area contributed by atoms with Crippen LogP contribution in [0.5, 0.6) is 0 Å². The molecule has 2 aromatic heterocycles. The molecule has 0 saturated heterocycles. The van der Waals surface area contributed by atoms with Gasteiger partial charge in [0.25, 0.3) is 11.8 Å². The molecule has 3 N–H and O–H groups in total. The zero-order valence-corrected chi connectivity index (χ0v) is 17.2. The fourth-order valence-electron chi connectivity index (χ4n) is 2.94. The van der Waals surface area contributed by atoms with E-state index < -0.39 is 12.6 Å². The van der Waals surface area contributed by atoms with Crippen LogP contribution >= 0.6 is 0 Å². The van der Waals surface area contributed by atoms with Crippen LogP contribution in [0.25, 0.3) is 5.65 Å². The van der Waals surface area contributed by atoms with E-state index in [1.165, 1.54) is 11.6 Å². The molecule has 1 saturated carbocycles. The Labute approximate surface area is 173 Å². The maximum absolute atomic E-state index is 12.8. The summed E-state index contributed by atoms with van der Waals surface area (Å²) < 4.78 is 14.1. The van der Waals surface area contributed by atoms with E-state index >= 15 is 0 Å². The maximum Gasteiger partial charge on any atom is 0.274 e. The number of carbonyl (C=O) groups excluding carboxylic acids is 2. The minimum Gasteiger partial charge on any atom is -0.404 e. The van der Waals surface area contributed by atoms with E-state index in [0.717, 1.165) is 19.0 Å². The predicted molar refractivity (Wildman–Crippen MR) is 112 cm³/mol. The first-order chi connectivity index (χ1) is 14.4. The number of aliphatic imine (C=N–C) groups is 1. The first kappa shape index (κ1) is 21.2. The Morgan fingerprint density at radius 3 is 2.77 bits per heavy atom. The normalized spacial score (nSPS) is 14.7. The van der Waals surface area contributed by atoms with Gasteiger partial charge >= 0.3 is 0 Å². The molecular formula is C19H25FN8O2. The van der Waals surface area contributed by atoms with Gasteiger partial charge in [-0.3, -0.25) is 14.6 Å². The van der Waals surface area contributed by atoms with Crippen LogP contribution in [-0.2, 0) is 9.59 Å². The Hall–Kier alpha value is -3.50. The molecule has 3 rings (SSSR count). The zero-order chi connectivity index (χ0) is 21.8. The largest absolute Gasteiger partial charge is 0.404 e. The molecule has 0 radical (unpaired) electrons. The van der Waals surface area contributed by atoms with Gasteiger partial charge in [-0.25, -0.2) is 8.91 Å². The summed E-state index contributed by atoms with van der Waals surface area (Å²) in [5.74, 6) is -0.538. The number of carbonyl (C=O) groups is 2. The second kappa shape index (κ2) is 8.89. The molecular weight excluding hydrogens is 391 g/mol. The number of alkyl halides is 1. The van der Waals surface area contributed by atoms with Gasteiger partial charge in [0.1, 0.15) is 12.4 Å². The van der Waals surface area contributed by atoms with Crippen molar-refractivity contribution >= 4 is 34.8 Å². The third-order valence-corrected chi connectivity index (χ3v) is 4.85. The van der Waals surface area contributed by atoms with Gasteiger partial charge in [-0.15, -0.1) is 5.10 Å². The third-order valence-electron chi connectivity index (χ3n) is 4.85. The molecule has 1 fully saturated rings. The van der Waals surface area contributed by atoms with Crippen molar-refractivity contribution in [3.63, 3.8) is 0 Å². The second-order valence-corrected chi connectivity index (χ2v) is 6.99. The summed E-state index contributed by atoms with van der Waals surface area (Å²) in [6, 6.07) is 3.43. The average molecular weight is 416 g/mol. The number of aromatic nitrogens is 3. The maximum atomic E-state index is 12.8. The van der Waals surface area contributed by atoms with Gasteiger partial charge in [-0.2, -0.15) is 4.98 Å². The lowest BCUT2D eigenvalue weighted by Crippen LogP contribution is -2.37. The number of hydrogen-bond acceptors (Lipinski definition) is 7. The fraction of sp³-hybridized carbons (Fsp3) is 0.421. The Bertz CT molecular complexity index is 1010. The third kappa shape index (κ3) is 4.39. The van der Waals surface area contributed by atoms with Gasteiger partial charge in [0, 0.05) is 57.9 Å². The van der Waals surface area contributed by atoms with E-state index in [9.17, 15) is 14.0 Å². The Kier molecular flexibility index (Phi) is 6.28. The summed E-state index contributed by atoms with van der Waals surface area (Å²) >= 11 is 0. The van der Waals surface area contributed by atoms with E-state index in [0.29, 0.717) is 17.3 Å². The monoisotopic (exact) mass is 416 g/mol. The standard InChI is InChI=1S/C19H25FN8O2/c1-22-16(14(11-21)18(30)27(3)13-4-5-13)17(29)23-12-6-8-28-15(10-12)24-19(25-28)26(2)9-7-20/h6,8,10-11,13H,4-5,7,9,21H2,1-3H3,(H,23,29). The van der Waals surface area contributed by atoms with Gasteiger partial charge in [0.05, 0.1) is 5.57 Å². The molecule has 0 spiro atoms. The first-order valence-electron chi connectivity index (χ1n) is 9.50. The quantitative estimate of drug-likeness (QED) is 0.480. The van der Waals surface area contributed by atoms with Crippen LogP contribution in [0, 0.1) is 0 Å². The summed E-state index contributed by atoms with van der Waals surface area (Å²) in [6.45, 7) is -0.341. The molecule has 30 heavy (non-hydrogen) atoms. The first-order valence-corrected chi connectivity index (χ1v) is 9.50. The second-order valence-electron chi connectivity index (χ2n) is 6.99. The number of nitrogens with one attached hydrogen (secondary N) is 1. The van der Waals surface area contributed by atoms with Crippen LogP contribution < -0.4 is 16.0 Å². The lowest BCUT2D eigenvalue weighted by Gasteiger charge is -2.18. The SMILES string of the molecule is CN=C(C(=O)Nc1ccn2nc(N(C)CCF)nc2c1)C(=CN)C(=O)N(C)C1CC1. The number of halogens is 1. The summed E-state index contributed by atoms with van der Waals surface area (Å²) in [4.78, 5) is 36.9. The van der Waals surface area contributed by atoms with Crippen LogP contribution in [0.4, 0.5) is 16.0 Å². The summed E-state index contributed by atoms with van der Waals surface area (Å²) in [7, 11) is 4.81. The van der Waals surface area contributed by atoms with Gasteiger partial charge in [0.2, 0.25) is 5.95 Å². The fourth-order valence-corrected chi connectivity index (χ4v) is 2.94. The molecule has 11 heteroatoms. The number of amides is 2. The number of likely N-dealkylation sites (N-methyl/N-ethyl adjacent to an activating group) is 1. The molecule has 1 aliphatic rings. The zero-order valence-electron chi connectivity index (χ0n) is 17.2. The van der Waals surface area contributed by atoms with Crippen molar-refractivity contribution in [3.8, 4) is 0 Å². The van der Waals surface area contributed by atoms with Gasteiger partial charge in [0.15, 0.2) is 5.65 Å². The van der Waals surface area contributed by atoms with Crippen molar-refractivity contribution in [3.05, 3.63) is 30.1 Å². The summed E-state index contributed by atoms with van der Waals surface area (Å²) in [5, 5.41) is 6.97. The molecule has 1 aliphatic carbocycles. The van der Waals surface area contributed by atoms with Crippen molar-refractivity contribution in [2.75, 3.05) is 44.6 Å². The van der Waals surface area contributed by atoms with Crippen LogP contribution in [0.2, 0.25) is 0 Å². The molecule has 160 valence electrons. The van der Waals surface area contributed by atoms with Gasteiger partial charge < -0.3 is 20.9 Å². The number of nitrogens with zero attached hydrogens (tertiary/aromatic N) is 6. The van der Waals surface area contributed by atoms with Crippen molar-refractivity contribution in [2.24, 2.45) is 10.7 Å². The van der Waals surface area contributed by atoms with Crippen LogP contribution in [0.3, 0.4) is 0 Å². The smallest absolute Gasteiger partial charge is 0.274 e. The lowest BCUT2D eigenvalue weighted by molar-refractivity contribution is -0.126. The molecule has 0 aromatic carbocycles. The Balaban J connectivity index is 1.77. The average Bonchev–Trinajstić information content (AvgIpc) is 3.49. The Morgan fingerprint density at radius 1 is 1.43 bits per heavy atom. The van der Waals surface area contributed by atoms with E-state index in [4.69, 9.17) is 5.73 Å². The summed E-state index contributed by atoms with van der Waals surface area (Å²) in [5.41, 5.74) is 6.55. The van der Waals surface area contributed by atoms with Crippen LogP contribution in [0.15, 0.2) is 35.1 Å². The Morgan fingerprint density at radius 2 is 2.17 bits per heavy atom. The number of anilines is 2. The highest BCUT2D eigenvalue weighted by atomic mass is 19.1. The molecule has 2 amide bonds. The number of pyridine rings is 1. The van der Waals surface area contributed by atoms with Crippen LogP contribution in [0.1, 0.15) is 12.8 Å². The van der Waals surface area contributed by atoms with E-state index in [2.05, 4.69) is 20.4 Å². The number of nitrogens with two attached hydrogens (primary N) is 1.